The van der Waals surface area contributed by atoms with Gasteiger partial charge in [0.05, 0.1) is 12.3 Å². The number of nitrogen functional groups attached to an aromatic ring is 1. The molecule has 168 valence electrons. The Morgan fingerprint density at radius 3 is 2.84 bits per heavy atom. The van der Waals surface area contributed by atoms with Gasteiger partial charge in [-0.1, -0.05) is 12.8 Å². The van der Waals surface area contributed by atoms with E-state index < -0.39 is 47.4 Å². The first-order valence-corrected chi connectivity index (χ1v) is 11.6. The summed E-state index contributed by atoms with van der Waals surface area (Å²) < 4.78 is 7.51. The minimum atomic E-state index is -1.30. The number of carbonyl (C=O) groups excluding carboxylic acids is 1. The summed E-state index contributed by atoms with van der Waals surface area (Å²) in [6, 6.07) is -1.07. The molecule has 0 radical (unpaired) electrons. The second-order valence-electron chi connectivity index (χ2n) is 7.18. The molecule has 1 unspecified atom stereocenters. The van der Waals surface area contributed by atoms with Crippen LogP contribution >= 0.6 is 0 Å². The van der Waals surface area contributed by atoms with Crippen molar-refractivity contribution >= 4 is 33.8 Å². The van der Waals surface area contributed by atoms with E-state index in [0.29, 0.717) is 34.8 Å². The standard InChI is InChI=1S/C19H26N6O5S/c1-2-3-4-6-31(7-5-11(20)19(28)29)8-12-14(26)15(27)18(30-12)25-10-24-13-16(21)22-9-23-17(13)25/h9-12,14-15,18,26-27H,2,5-8,20H2,1H3,(H2-,21,22,23,28,29)/t11-,12+,14+,15+,18+,31?/m0/s1. The molecule has 0 bridgehead atoms. The van der Waals surface area contributed by atoms with Crippen LogP contribution in [0.3, 0.4) is 0 Å². The van der Waals surface area contributed by atoms with Gasteiger partial charge in [0.1, 0.15) is 41.7 Å². The third-order valence-electron chi connectivity index (χ3n) is 5.00. The van der Waals surface area contributed by atoms with Crippen molar-refractivity contribution in [2.45, 2.75) is 50.3 Å². The van der Waals surface area contributed by atoms with Crippen LogP contribution in [-0.4, -0.2) is 77.3 Å². The Balaban J connectivity index is 1.74. The summed E-state index contributed by atoms with van der Waals surface area (Å²) >= 11 is 0. The van der Waals surface area contributed by atoms with Gasteiger partial charge in [-0.3, -0.25) is 4.57 Å². The number of nitrogens with zero attached hydrogens (tertiary/aromatic N) is 4. The third-order valence-corrected chi connectivity index (χ3v) is 7.16. The largest absolute Gasteiger partial charge is 0.548 e. The van der Waals surface area contributed by atoms with Crippen LogP contribution in [0, 0.1) is 11.8 Å². The minimum Gasteiger partial charge on any atom is -0.548 e. The predicted octanol–water partition coefficient (Wildman–Crippen LogP) is -2.47. The van der Waals surface area contributed by atoms with E-state index in [1.165, 1.54) is 17.2 Å². The minimum absolute atomic E-state index is 0.202. The highest BCUT2D eigenvalue weighted by Crippen LogP contribution is 2.32. The van der Waals surface area contributed by atoms with Crippen molar-refractivity contribution < 1.29 is 24.9 Å². The first-order valence-electron chi connectivity index (χ1n) is 9.84. The number of hydrogen-bond acceptors (Lipinski definition) is 10. The van der Waals surface area contributed by atoms with Crippen LogP contribution in [0.5, 0.6) is 0 Å². The van der Waals surface area contributed by atoms with Gasteiger partial charge in [0.15, 0.2) is 23.4 Å². The van der Waals surface area contributed by atoms with Gasteiger partial charge in [-0.05, 0) is 5.92 Å². The molecule has 3 rings (SSSR count). The number of anilines is 1. The van der Waals surface area contributed by atoms with Crippen LogP contribution < -0.4 is 16.6 Å². The third kappa shape index (κ3) is 5.25. The van der Waals surface area contributed by atoms with Gasteiger partial charge in [0, 0.05) is 29.8 Å². The molecule has 0 aromatic carbocycles. The zero-order chi connectivity index (χ0) is 22.5. The molecule has 0 saturated carbocycles. The lowest BCUT2D eigenvalue weighted by molar-refractivity contribution is -0.307. The topological polar surface area (TPSA) is 185 Å². The number of nitrogens with two attached hydrogens (primary N) is 2. The molecule has 31 heavy (non-hydrogen) atoms. The summed E-state index contributed by atoms with van der Waals surface area (Å²) in [6.07, 6.45) is -0.283. The second-order valence-corrected chi connectivity index (χ2v) is 9.43. The number of carboxylic acids is 1. The highest BCUT2D eigenvalue weighted by Gasteiger charge is 2.47. The number of carbonyl (C=O) groups is 1. The van der Waals surface area contributed by atoms with Crippen LogP contribution in [0.25, 0.3) is 11.2 Å². The van der Waals surface area contributed by atoms with Crippen LogP contribution in [-0.2, 0) is 20.4 Å². The van der Waals surface area contributed by atoms with Crippen LogP contribution in [0.4, 0.5) is 5.82 Å². The van der Waals surface area contributed by atoms with E-state index >= 15 is 0 Å². The Morgan fingerprint density at radius 2 is 2.13 bits per heavy atom. The van der Waals surface area contributed by atoms with Crippen molar-refractivity contribution in [1.29, 1.82) is 0 Å². The highest BCUT2D eigenvalue weighted by molar-refractivity contribution is 7.97. The SMILES string of the molecule is CCC#CC[S+](CC[C@H](N)C(=O)[O-])C[C@H]1O[C@@H](n2cnc3c(N)ncnc32)[C@H](O)[C@@H]1O. The summed E-state index contributed by atoms with van der Waals surface area (Å²) in [5, 5.41) is 32.2. The maximum absolute atomic E-state index is 10.9. The molecule has 0 aliphatic carbocycles. The number of ether oxygens (including phenoxy) is 1. The Labute approximate surface area is 182 Å². The van der Waals surface area contributed by atoms with Crippen LogP contribution in [0.1, 0.15) is 26.0 Å². The fraction of sp³-hybridized carbons (Fsp3) is 0.579. The Bertz CT molecular complexity index is 976. The number of aliphatic hydroxyl groups excluding tert-OH is 2. The molecule has 1 aliphatic heterocycles. The molecule has 0 amide bonds. The molecule has 2 aromatic heterocycles. The molecule has 6 N–H and O–H groups in total. The number of aromatic nitrogens is 4. The smallest absolute Gasteiger partial charge is 0.168 e. The number of fused-ring (bicyclic) bond motifs is 1. The van der Waals surface area contributed by atoms with Crippen molar-refractivity contribution in [3.8, 4) is 11.8 Å². The predicted molar refractivity (Wildman–Crippen MR) is 113 cm³/mol. The summed E-state index contributed by atoms with van der Waals surface area (Å²) in [6.45, 7) is 1.94. The molecule has 2 aromatic rings. The van der Waals surface area contributed by atoms with E-state index in [-0.39, 0.29) is 12.2 Å². The number of imidazole rings is 1. The molecule has 1 aliphatic rings. The van der Waals surface area contributed by atoms with E-state index in [1.807, 2.05) is 6.92 Å². The van der Waals surface area contributed by atoms with Gasteiger partial charge in [-0.25, -0.2) is 15.0 Å². The lowest BCUT2D eigenvalue weighted by Gasteiger charge is -2.17. The molecule has 0 spiro atoms. The fourth-order valence-electron chi connectivity index (χ4n) is 3.29. The second kappa shape index (κ2) is 10.3. The van der Waals surface area contributed by atoms with Crippen LogP contribution in [0.15, 0.2) is 12.7 Å². The fourth-order valence-corrected chi connectivity index (χ4v) is 5.35. The van der Waals surface area contributed by atoms with Crippen molar-refractivity contribution in [1.82, 2.24) is 19.5 Å². The number of carboxylic acid groups (broad SMARTS) is 1. The molecule has 3 heterocycles. The molecular formula is C19H26N6O5S. The normalized spacial score (nSPS) is 25.2. The maximum Gasteiger partial charge on any atom is 0.168 e. The lowest BCUT2D eigenvalue weighted by Crippen LogP contribution is -2.43. The molecule has 1 saturated heterocycles. The van der Waals surface area contributed by atoms with Crippen molar-refractivity contribution in [2.75, 3.05) is 23.0 Å². The maximum atomic E-state index is 10.9. The monoisotopic (exact) mass is 450 g/mol. The van der Waals surface area contributed by atoms with E-state index in [4.69, 9.17) is 16.2 Å². The first kappa shape index (κ1) is 23.2. The summed E-state index contributed by atoms with van der Waals surface area (Å²) in [5.74, 6) is 6.39. The molecule has 6 atom stereocenters. The van der Waals surface area contributed by atoms with Gasteiger partial charge >= 0.3 is 0 Å². The van der Waals surface area contributed by atoms with Gasteiger partial charge in [-0.15, -0.1) is 0 Å². The summed E-state index contributed by atoms with van der Waals surface area (Å²) in [5.41, 5.74) is 12.2. The van der Waals surface area contributed by atoms with E-state index in [9.17, 15) is 20.1 Å². The average Bonchev–Trinajstić information content (AvgIpc) is 3.29. The van der Waals surface area contributed by atoms with Gasteiger partial charge in [0.2, 0.25) is 0 Å². The molecular weight excluding hydrogens is 424 g/mol. The average molecular weight is 451 g/mol. The Kier molecular flexibility index (Phi) is 7.69. The van der Waals surface area contributed by atoms with Crippen molar-refractivity contribution in [3.05, 3.63) is 12.7 Å². The van der Waals surface area contributed by atoms with E-state index in [2.05, 4.69) is 26.8 Å². The lowest BCUT2D eigenvalue weighted by atomic mass is 10.1. The quantitative estimate of drug-likeness (QED) is 0.248. The van der Waals surface area contributed by atoms with Crippen LogP contribution in [0.2, 0.25) is 0 Å². The molecule has 12 heteroatoms. The Morgan fingerprint density at radius 1 is 1.35 bits per heavy atom. The van der Waals surface area contributed by atoms with Crippen molar-refractivity contribution in [3.63, 3.8) is 0 Å². The Hall–Kier alpha value is -2.43. The number of aliphatic hydroxyl groups is 2. The van der Waals surface area contributed by atoms with Gasteiger partial charge in [0.25, 0.3) is 0 Å². The number of rotatable bonds is 8. The zero-order valence-corrected chi connectivity index (χ0v) is 17.9. The summed E-state index contributed by atoms with van der Waals surface area (Å²) in [4.78, 5) is 23.1. The zero-order valence-electron chi connectivity index (χ0n) is 17.0. The number of aliphatic carboxylic acids is 1. The molecule has 1 fully saturated rings. The molecule has 11 nitrogen and oxygen atoms in total. The van der Waals surface area contributed by atoms with E-state index in [0.717, 1.165) is 0 Å². The van der Waals surface area contributed by atoms with Crippen molar-refractivity contribution in [2.24, 2.45) is 5.73 Å². The summed E-state index contributed by atoms with van der Waals surface area (Å²) in [7, 11) is -0.392. The van der Waals surface area contributed by atoms with Gasteiger partial charge < -0.3 is 36.3 Å². The highest BCUT2D eigenvalue weighted by atomic mass is 32.2. The van der Waals surface area contributed by atoms with Gasteiger partial charge in [-0.2, -0.15) is 0 Å². The first-order chi connectivity index (χ1) is 14.8. The number of hydrogen-bond donors (Lipinski definition) is 4. The van der Waals surface area contributed by atoms with E-state index in [1.54, 1.807) is 0 Å².